The zero-order valence-corrected chi connectivity index (χ0v) is 15.9. The van der Waals surface area contributed by atoms with Crippen molar-refractivity contribution in [1.29, 1.82) is 0 Å². The number of ether oxygens (including phenoxy) is 1. The summed E-state index contributed by atoms with van der Waals surface area (Å²) in [6, 6.07) is 3.26. The molecule has 0 aromatic heterocycles. The van der Waals surface area contributed by atoms with Crippen LogP contribution in [0.15, 0.2) is 12.1 Å². The topological polar surface area (TPSA) is 116 Å². The van der Waals surface area contributed by atoms with Gasteiger partial charge < -0.3 is 14.7 Å². The first kappa shape index (κ1) is 20.9. The number of amides is 2. The van der Waals surface area contributed by atoms with Crippen molar-refractivity contribution in [1.82, 2.24) is 14.5 Å². The van der Waals surface area contributed by atoms with Gasteiger partial charge >= 0.3 is 6.09 Å². The minimum atomic E-state index is -3.73. The molecule has 0 atom stereocenters. The van der Waals surface area contributed by atoms with E-state index < -0.39 is 34.4 Å². The summed E-state index contributed by atoms with van der Waals surface area (Å²) < 4.78 is 43.7. The third-order valence-electron chi connectivity index (χ3n) is 4.06. The van der Waals surface area contributed by atoms with Crippen LogP contribution < -0.4 is 9.46 Å². The van der Waals surface area contributed by atoms with Gasteiger partial charge in [0.15, 0.2) is 18.2 Å². The van der Waals surface area contributed by atoms with Crippen molar-refractivity contribution in [2.24, 2.45) is 0 Å². The van der Waals surface area contributed by atoms with Gasteiger partial charge in [-0.3, -0.25) is 14.4 Å². The van der Waals surface area contributed by atoms with Crippen LogP contribution in [0.25, 0.3) is 0 Å². The van der Waals surface area contributed by atoms with Crippen molar-refractivity contribution >= 4 is 22.0 Å². The van der Waals surface area contributed by atoms with Gasteiger partial charge in [-0.1, -0.05) is 12.1 Å². The Balaban J connectivity index is 2.07. The van der Waals surface area contributed by atoms with E-state index in [4.69, 9.17) is 9.84 Å². The van der Waals surface area contributed by atoms with Crippen LogP contribution in [-0.4, -0.2) is 74.4 Å². The molecule has 1 heterocycles. The molecule has 1 saturated heterocycles. The largest absolute Gasteiger partial charge is 0.480 e. The number of carbonyl (C=O) groups excluding carboxylic acids is 1. The quantitative estimate of drug-likeness (QED) is 0.706. The monoisotopic (exact) mass is 403 g/mol. The molecule has 2 amide bonds. The van der Waals surface area contributed by atoms with Crippen molar-refractivity contribution in [3.05, 3.63) is 29.1 Å². The molecule has 1 fully saturated rings. The van der Waals surface area contributed by atoms with Gasteiger partial charge in [0.1, 0.15) is 0 Å². The van der Waals surface area contributed by atoms with Crippen LogP contribution in [0.2, 0.25) is 0 Å². The molecule has 1 aliphatic heterocycles. The highest BCUT2D eigenvalue weighted by molar-refractivity contribution is 7.89. The van der Waals surface area contributed by atoms with E-state index in [0.29, 0.717) is 43.9 Å². The van der Waals surface area contributed by atoms with E-state index in [1.54, 1.807) is 23.8 Å². The molecule has 11 heteroatoms. The van der Waals surface area contributed by atoms with Gasteiger partial charge in [-0.15, -0.1) is 0 Å². The minimum Gasteiger partial charge on any atom is -0.480 e. The number of nitrogens with one attached hydrogen (secondary N) is 1. The molecule has 0 radical (unpaired) electrons. The molecule has 9 nitrogen and oxygen atoms in total. The molecule has 1 aromatic carbocycles. The maximum atomic E-state index is 14.5. The molecule has 1 aromatic rings. The Kier molecular flexibility index (Phi) is 6.60. The lowest BCUT2D eigenvalue weighted by Gasteiger charge is -2.33. The molecule has 27 heavy (non-hydrogen) atoms. The first-order valence-corrected chi connectivity index (χ1v) is 10.1. The summed E-state index contributed by atoms with van der Waals surface area (Å²) in [5.74, 6) is -1.64. The fraction of sp³-hybridized carbons (Fsp3) is 0.500. The molecule has 0 saturated carbocycles. The predicted molar refractivity (Wildman–Crippen MR) is 94.5 cm³/mol. The zero-order valence-electron chi connectivity index (χ0n) is 15.1. The Labute approximate surface area is 156 Å². The van der Waals surface area contributed by atoms with E-state index in [1.807, 2.05) is 4.90 Å². The van der Waals surface area contributed by atoms with Crippen molar-refractivity contribution in [2.45, 2.75) is 13.5 Å². The summed E-state index contributed by atoms with van der Waals surface area (Å²) in [6.07, 6.45) is -0.141. The van der Waals surface area contributed by atoms with Gasteiger partial charge in [0, 0.05) is 38.3 Å². The third-order valence-corrected chi connectivity index (χ3v) is 4.65. The maximum Gasteiger partial charge on any atom is 0.407 e. The molecule has 2 rings (SSSR count). The number of carboxylic acid groups (broad SMARTS) is 1. The van der Waals surface area contributed by atoms with Crippen molar-refractivity contribution in [3.63, 3.8) is 0 Å². The van der Waals surface area contributed by atoms with Gasteiger partial charge in [-0.05, 0) is 12.5 Å². The Morgan fingerprint density at radius 1 is 1.26 bits per heavy atom. The number of piperazine rings is 1. The highest BCUT2D eigenvalue weighted by Crippen LogP contribution is 2.27. The summed E-state index contributed by atoms with van der Waals surface area (Å²) in [5.41, 5.74) is 0.821. The average molecular weight is 403 g/mol. The minimum absolute atomic E-state index is 0.112. The number of nitrogens with zero attached hydrogens (tertiary/aromatic N) is 2. The summed E-state index contributed by atoms with van der Waals surface area (Å²) in [4.78, 5) is 25.8. The van der Waals surface area contributed by atoms with E-state index >= 15 is 0 Å². The number of rotatable bonds is 6. The number of carbonyl (C=O) groups is 2. The Bertz CT molecular complexity index is 822. The van der Waals surface area contributed by atoms with Crippen molar-refractivity contribution in [3.8, 4) is 5.75 Å². The Morgan fingerprint density at radius 3 is 2.44 bits per heavy atom. The van der Waals surface area contributed by atoms with E-state index in [-0.39, 0.29) is 5.75 Å². The number of sulfonamides is 1. The highest BCUT2D eigenvalue weighted by atomic mass is 32.2. The zero-order chi connectivity index (χ0) is 20.2. The van der Waals surface area contributed by atoms with E-state index in [0.717, 1.165) is 6.26 Å². The van der Waals surface area contributed by atoms with Gasteiger partial charge in [-0.25, -0.2) is 17.6 Å². The van der Waals surface area contributed by atoms with Crippen molar-refractivity contribution in [2.75, 3.05) is 39.0 Å². The second-order valence-electron chi connectivity index (χ2n) is 6.32. The Hall–Kier alpha value is -2.40. The summed E-state index contributed by atoms with van der Waals surface area (Å²) >= 11 is 0. The third kappa shape index (κ3) is 6.07. The number of aryl methyl sites for hydroxylation is 1. The number of benzene rings is 1. The normalized spacial score (nSPS) is 15.4. The molecular weight excluding hydrogens is 381 g/mol. The summed E-state index contributed by atoms with van der Waals surface area (Å²) in [7, 11) is -3.73. The lowest BCUT2D eigenvalue weighted by Crippen LogP contribution is -2.47. The fourth-order valence-electron chi connectivity index (χ4n) is 2.69. The molecule has 0 unspecified atom stereocenters. The van der Waals surface area contributed by atoms with Gasteiger partial charge in [0.2, 0.25) is 10.0 Å². The van der Waals surface area contributed by atoms with Crippen molar-refractivity contribution < 1.29 is 32.2 Å². The molecule has 150 valence electrons. The van der Waals surface area contributed by atoms with Crippen LogP contribution in [0.1, 0.15) is 11.1 Å². The molecule has 0 aliphatic carbocycles. The second-order valence-corrected chi connectivity index (χ2v) is 8.06. The van der Waals surface area contributed by atoms with Gasteiger partial charge in [0.05, 0.1) is 6.26 Å². The van der Waals surface area contributed by atoms with Crippen LogP contribution >= 0.6 is 0 Å². The first-order chi connectivity index (χ1) is 12.6. The van der Waals surface area contributed by atoms with Crippen LogP contribution in [0.3, 0.4) is 0 Å². The van der Waals surface area contributed by atoms with Crippen LogP contribution in [0, 0.1) is 12.7 Å². The number of hydrogen-bond acceptors (Lipinski definition) is 6. The molecule has 2 N–H and O–H groups in total. The predicted octanol–water partition coefficient (Wildman–Crippen LogP) is 0.384. The van der Waals surface area contributed by atoms with E-state index in [2.05, 4.69) is 0 Å². The lowest BCUT2D eigenvalue weighted by molar-refractivity contribution is -0.121. The smallest absolute Gasteiger partial charge is 0.407 e. The van der Waals surface area contributed by atoms with Crippen LogP contribution in [0.4, 0.5) is 9.18 Å². The molecular formula is C16H22FN3O6S. The maximum absolute atomic E-state index is 14.5. The standard InChI is InChI=1S/C16H22FN3O6S/c1-11-3-4-12(9-19-5-7-20(8-6-19)16(22)23)15(14(11)17)26-10-13(21)18-27(2,24)25/h3-4H,5-10H2,1-2H3,(H,18,21)(H,22,23). The number of halogens is 1. The second kappa shape index (κ2) is 8.53. The SMILES string of the molecule is Cc1ccc(CN2CCN(C(=O)O)CC2)c(OCC(=O)NS(C)(=O)=O)c1F. The van der Waals surface area contributed by atoms with Gasteiger partial charge in [0.25, 0.3) is 5.91 Å². The summed E-state index contributed by atoms with van der Waals surface area (Å²) in [6.45, 7) is 2.87. The van der Waals surface area contributed by atoms with Crippen LogP contribution in [0.5, 0.6) is 5.75 Å². The molecule has 0 bridgehead atoms. The molecule has 0 spiro atoms. The number of hydrogen-bond donors (Lipinski definition) is 2. The lowest BCUT2D eigenvalue weighted by atomic mass is 10.1. The van der Waals surface area contributed by atoms with E-state index in [9.17, 15) is 22.4 Å². The van der Waals surface area contributed by atoms with Crippen LogP contribution in [-0.2, 0) is 21.4 Å². The highest BCUT2D eigenvalue weighted by Gasteiger charge is 2.23. The Morgan fingerprint density at radius 2 is 1.89 bits per heavy atom. The fourth-order valence-corrected chi connectivity index (χ4v) is 3.16. The van der Waals surface area contributed by atoms with E-state index in [1.165, 1.54) is 4.90 Å². The first-order valence-electron chi connectivity index (χ1n) is 8.18. The van der Waals surface area contributed by atoms with Gasteiger partial charge in [-0.2, -0.15) is 0 Å². The average Bonchev–Trinajstić information content (AvgIpc) is 2.56. The summed E-state index contributed by atoms with van der Waals surface area (Å²) in [5, 5.41) is 8.98. The molecule has 1 aliphatic rings.